The van der Waals surface area contributed by atoms with Crippen LogP contribution in [-0.2, 0) is 13.1 Å². The minimum Gasteiger partial charge on any atom is -0.327 e. The first-order valence-corrected chi connectivity index (χ1v) is 8.01. The van der Waals surface area contributed by atoms with Gasteiger partial charge in [-0.25, -0.2) is 9.67 Å². The normalized spacial score (nSPS) is 17.9. The number of aromatic nitrogens is 3. The van der Waals surface area contributed by atoms with Crippen LogP contribution in [0.1, 0.15) is 35.1 Å². The highest BCUT2D eigenvalue weighted by Crippen LogP contribution is 2.20. The van der Waals surface area contributed by atoms with Gasteiger partial charge in [-0.2, -0.15) is 5.10 Å². The second-order valence-electron chi connectivity index (χ2n) is 6.44. The highest BCUT2D eigenvalue weighted by atomic mass is 35.5. The van der Waals surface area contributed by atoms with Crippen LogP contribution in [0, 0.1) is 13.8 Å². The van der Waals surface area contributed by atoms with E-state index in [1.165, 1.54) is 28.7 Å². The zero-order chi connectivity index (χ0) is 15.5. The fourth-order valence-electron chi connectivity index (χ4n) is 3.25. The van der Waals surface area contributed by atoms with Crippen molar-refractivity contribution in [2.24, 2.45) is 5.73 Å². The van der Waals surface area contributed by atoms with E-state index in [1.807, 2.05) is 4.68 Å². The molecule has 2 aromatic rings. The zero-order valence-electron chi connectivity index (χ0n) is 14.3. The van der Waals surface area contributed by atoms with Crippen LogP contribution in [0.2, 0.25) is 0 Å². The topological polar surface area (TPSA) is 60.0 Å². The summed E-state index contributed by atoms with van der Waals surface area (Å²) in [5, 5.41) is 4.21. The molecule has 1 atom stereocenters. The summed E-state index contributed by atoms with van der Waals surface area (Å²) in [6, 6.07) is 4.94. The average molecular weight is 372 g/mol. The molecule has 134 valence electrons. The molecule has 0 radical (unpaired) electrons. The molecule has 1 aliphatic rings. The Bertz CT molecular complexity index is 630. The molecule has 2 N–H and O–H groups in total. The largest absolute Gasteiger partial charge is 0.327 e. The fraction of sp³-hybridized carbons (Fsp3) is 0.529. The maximum atomic E-state index is 6.10. The Balaban J connectivity index is 0.00000144. The Labute approximate surface area is 156 Å². The van der Waals surface area contributed by atoms with Crippen molar-refractivity contribution in [3.8, 4) is 0 Å². The van der Waals surface area contributed by atoms with Gasteiger partial charge >= 0.3 is 0 Å². The van der Waals surface area contributed by atoms with E-state index in [2.05, 4.69) is 41.0 Å². The third-order valence-electron chi connectivity index (χ3n) is 4.53. The number of nitrogens with two attached hydrogens (primary N) is 1. The van der Waals surface area contributed by atoms with Crippen LogP contribution in [0.25, 0.3) is 0 Å². The Hall–Kier alpha value is -1.14. The van der Waals surface area contributed by atoms with Gasteiger partial charge in [0, 0.05) is 19.1 Å². The molecule has 7 heteroatoms. The summed E-state index contributed by atoms with van der Waals surface area (Å²) in [6.45, 7) is 8.29. The summed E-state index contributed by atoms with van der Waals surface area (Å²) >= 11 is 0. The number of nitrogens with zero attached hydrogens (tertiary/aromatic N) is 4. The number of hydrogen-bond donors (Lipinski definition) is 1. The molecule has 1 fully saturated rings. The molecule has 2 heterocycles. The second kappa shape index (κ2) is 9.37. The quantitative estimate of drug-likeness (QED) is 0.897. The summed E-state index contributed by atoms with van der Waals surface area (Å²) in [6.07, 6.45) is 5.71. The van der Waals surface area contributed by atoms with Crippen molar-refractivity contribution in [2.75, 3.05) is 13.1 Å². The van der Waals surface area contributed by atoms with Crippen molar-refractivity contribution in [2.45, 2.75) is 45.8 Å². The Morgan fingerprint density at radius 2 is 1.83 bits per heavy atom. The summed E-state index contributed by atoms with van der Waals surface area (Å²) in [4.78, 5) is 6.50. The molecule has 1 aromatic carbocycles. The summed E-state index contributed by atoms with van der Waals surface area (Å²) in [5.41, 5.74) is 11.5. The van der Waals surface area contributed by atoms with Crippen molar-refractivity contribution < 1.29 is 0 Å². The number of aryl methyl sites for hydroxylation is 2. The molecule has 1 aromatic heterocycles. The van der Waals surface area contributed by atoms with Gasteiger partial charge < -0.3 is 5.73 Å². The number of rotatable bonds is 4. The first kappa shape index (κ1) is 20.9. The Morgan fingerprint density at radius 3 is 2.46 bits per heavy atom. The van der Waals surface area contributed by atoms with Gasteiger partial charge in [-0.15, -0.1) is 24.8 Å². The summed E-state index contributed by atoms with van der Waals surface area (Å²) < 4.78 is 1.87. The third-order valence-corrected chi connectivity index (χ3v) is 4.53. The number of hydrogen-bond acceptors (Lipinski definition) is 4. The van der Waals surface area contributed by atoms with Crippen molar-refractivity contribution in [1.82, 2.24) is 19.7 Å². The van der Waals surface area contributed by atoms with E-state index in [4.69, 9.17) is 5.73 Å². The molecule has 24 heavy (non-hydrogen) atoms. The molecular weight excluding hydrogens is 345 g/mol. The first-order valence-electron chi connectivity index (χ1n) is 8.01. The Morgan fingerprint density at radius 1 is 1.12 bits per heavy atom. The van der Waals surface area contributed by atoms with Gasteiger partial charge in [0.25, 0.3) is 0 Å². The SMILES string of the molecule is Cc1cc(C)c(Cn2cncn2)cc1CN1CCCC(N)C1.Cl.Cl. The highest BCUT2D eigenvalue weighted by Gasteiger charge is 2.17. The summed E-state index contributed by atoms with van der Waals surface area (Å²) in [5.74, 6) is 0. The maximum Gasteiger partial charge on any atom is 0.137 e. The minimum absolute atomic E-state index is 0. The van der Waals surface area contributed by atoms with Crippen molar-refractivity contribution in [3.05, 3.63) is 47.0 Å². The molecule has 0 aliphatic carbocycles. The van der Waals surface area contributed by atoms with Gasteiger partial charge in [-0.3, -0.25) is 4.90 Å². The van der Waals surface area contributed by atoms with Crippen LogP contribution in [0.5, 0.6) is 0 Å². The molecular formula is C17H27Cl2N5. The Kier molecular flexibility index (Phi) is 8.16. The minimum atomic E-state index is 0. The van der Waals surface area contributed by atoms with E-state index < -0.39 is 0 Å². The molecule has 0 saturated carbocycles. The van der Waals surface area contributed by atoms with E-state index in [9.17, 15) is 0 Å². The van der Waals surface area contributed by atoms with Gasteiger partial charge in [0.15, 0.2) is 0 Å². The second-order valence-corrected chi connectivity index (χ2v) is 6.44. The lowest BCUT2D eigenvalue weighted by molar-refractivity contribution is 0.201. The molecule has 1 saturated heterocycles. The van der Waals surface area contributed by atoms with Crippen molar-refractivity contribution >= 4 is 24.8 Å². The van der Waals surface area contributed by atoms with E-state index >= 15 is 0 Å². The van der Waals surface area contributed by atoms with Crippen LogP contribution in [0.15, 0.2) is 24.8 Å². The van der Waals surface area contributed by atoms with Crippen LogP contribution >= 0.6 is 24.8 Å². The molecule has 5 nitrogen and oxygen atoms in total. The maximum absolute atomic E-state index is 6.10. The predicted molar refractivity (Wildman–Crippen MR) is 102 cm³/mol. The lowest BCUT2D eigenvalue weighted by Crippen LogP contribution is -2.42. The van der Waals surface area contributed by atoms with Gasteiger partial charge in [0.1, 0.15) is 12.7 Å². The van der Waals surface area contributed by atoms with Crippen molar-refractivity contribution in [1.29, 1.82) is 0 Å². The van der Waals surface area contributed by atoms with Crippen molar-refractivity contribution in [3.63, 3.8) is 0 Å². The standard InChI is InChI=1S/C17H25N5.2ClH/c1-13-6-14(2)16(9-22-12-19-11-20-22)7-15(13)8-21-5-3-4-17(18)10-21;;/h6-7,11-12,17H,3-5,8-10,18H2,1-2H3;2*1H. The van der Waals surface area contributed by atoms with Crippen LogP contribution in [0.3, 0.4) is 0 Å². The predicted octanol–water partition coefficient (Wildman–Crippen LogP) is 2.71. The van der Waals surface area contributed by atoms with Crippen LogP contribution in [0.4, 0.5) is 0 Å². The average Bonchev–Trinajstić information content (AvgIpc) is 2.97. The number of likely N-dealkylation sites (tertiary alicyclic amines) is 1. The van der Waals surface area contributed by atoms with E-state index in [1.54, 1.807) is 12.7 Å². The van der Waals surface area contributed by atoms with Gasteiger partial charge in [0.05, 0.1) is 6.54 Å². The third kappa shape index (κ3) is 5.18. The lowest BCUT2D eigenvalue weighted by atomic mass is 9.98. The lowest BCUT2D eigenvalue weighted by Gasteiger charge is -2.31. The zero-order valence-corrected chi connectivity index (χ0v) is 15.9. The first-order chi connectivity index (χ1) is 10.6. The smallest absolute Gasteiger partial charge is 0.137 e. The molecule has 0 amide bonds. The molecule has 0 spiro atoms. The molecule has 1 aliphatic heterocycles. The number of halogens is 2. The number of piperidine rings is 1. The monoisotopic (exact) mass is 371 g/mol. The molecule has 3 rings (SSSR count). The van der Waals surface area contributed by atoms with Crippen LogP contribution in [-0.4, -0.2) is 38.8 Å². The fourth-order valence-corrected chi connectivity index (χ4v) is 3.25. The number of benzene rings is 1. The highest BCUT2D eigenvalue weighted by molar-refractivity contribution is 5.85. The van der Waals surface area contributed by atoms with Crippen LogP contribution < -0.4 is 5.73 Å². The summed E-state index contributed by atoms with van der Waals surface area (Å²) in [7, 11) is 0. The van der Waals surface area contributed by atoms with E-state index in [-0.39, 0.29) is 24.8 Å². The van der Waals surface area contributed by atoms with Gasteiger partial charge in [-0.1, -0.05) is 12.1 Å². The van der Waals surface area contributed by atoms with E-state index in [0.29, 0.717) is 6.04 Å². The van der Waals surface area contributed by atoms with Gasteiger partial charge in [-0.05, 0) is 55.5 Å². The van der Waals surface area contributed by atoms with E-state index in [0.717, 1.165) is 32.6 Å². The molecule has 1 unspecified atom stereocenters. The van der Waals surface area contributed by atoms with Gasteiger partial charge in [0.2, 0.25) is 0 Å². The molecule has 0 bridgehead atoms.